The number of aliphatic carboxylic acids is 1. The summed E-state index contributed by atoms with van der Waals surface area (Å²) in [6.07, 6.45) is 1.62. The largest absolute Gasteiger partial charge is 0.491 e. The topological polar surface area (TPSA) is 72.8 Å². The number of benzene rings is 2. The molecule has 0 bridgehead atoms. The van der Waals surface area contributed by atoms with Crippen molar-refractivity contribution in [3.63, 3.8) is 0 Å². The van der Waals surface area contributed by atoms with E-state index < -0.39 is 5.97 Å². The number of carbonyl (C=O) groups excluding carboxylic acids is 1. The highest BCUT2D eigenvalue weighted by Crippen LogP contribution is 2.35. The van der Waals surface area contributed by atoms with Gasteiger partial charge in [-0.1, -0.05) is 43.3 Å². The number of hydrogen-bond donors (Lipinski definition) is 1. The van der Waals surface area contributed by atoms with Gasteiger partial charge < -0.3 is 14.6 Å². The van der Waals surface area contributed by atoms with Crippen LogP contribution >= 0.6 is 0 Å². The Bertz CT molecular complexity index is 737. The number of carboxylic acids is 1. The number of methoxy groups -OCH3 is 1. The Morgan fingerprint density at radius 1 is 1.15 bits per heavy atom. The molecule has 0 saturated heterocycles. The van der Waals surface area contributed by atoms with Crippen molar-refractivity contribution in [3.05, 3.63) is 53.6 Å². The third kappa shape index (κ3) is 5.17. The maximum atomic E-state index is 11.1. The molecule has 0 heterocycles. The van der Waals surface area contributed by atoms with E-state index in [0.717, 1.165) is 29.4 Å². The predicted octanol–water partition coefficient (Wildman–Crippen LogP) is 4.16. The molecule has 2 rings (SSSR count). The lowest BCUT2D eigenvalue weighted by molar-refractivity contribution is -0.137. The van der Waals surface area contributed by atoms with Gasteiger partial charge in [-0.05, 0) is 29.5 Å². The standard InChI is InChI=1S/C21H24O5/c1-3-16(13-21(23)24)18-8-9-19(20(12-18)26-11-10-25-2)17-6-4-15(14-22)5-7-17/h4-9,12,14,16H,3,10-11,13H2,1-2H3,(H,23,24). The van der Waals surface area contributed by atoms with E-state index in [0.29, 0.717) is 24.5 Å². The molecule has 0 saturated carbocycles. The van der Waals surface area contributed by atoms with E-state index in [1.165, 1.54) is 0 Å². The third-order valence-electron chi connectivity index (χ3n) is 4.29. The van der Waals surface area contributed by atoms with Crippen LogP contribution in [0.15, 0.2) is 42.5 Å². The molecule has 0 aliphatic carbocycles. The van der Waals surface area contributed by atoms with Crippen molar-refractivity contribution in [3.8, 4) is 16.9 Å². The maximum Gasteiger partial charge on any atom is 0.303 e. The maximum absolute atomic E-state index is 11.1. The van der Waals surface area contributed by atoms with E-state index in [4.69, 9.17) is 14.6 Å². The Balaban J connectivity index is 2.39. The van der Waals surface area contributed by atoms with Crippen LogP contribution in [0.25, 0.3) is 11.1 Å². The van der Waals surface area contributed by atoms with Crippen LogP contribution in [0.2, 0.25) is 0 Å². The van der Waals surface area contributed by atoms with Crippen LogP contribution in [0.3, 0.4) is 0 Å². The van der Waals surface area contributed by atoms with Crippen LogP contribution in [-0.2, 0) is 9.53 Å². The van der Waals surface area contributed by atoms with Gasteiger partial charge in [0.25, 0.3) is 0 Å². The summed E-state index contributed by atoms with van der Waals surface area (Å²) < 4.78 is 10.9. The molecule has 0 aromatic heterocycles. The van der Waals surface area contributed by atoms with Gasteiger partial charge in [0.15, 0.2) is 0 Å². The quantitative estimate of drug-likeness (QED) is 0.511. The van der Waals surface area contributed by atoms with E-state index in [2.05, 4.69) is 0 Å². The summed E-state index contributed by atoms with van der Waals surface area (Å²) in [6.45, 7) is 2.83. The van der Waals surface area contributed by atoms with Crippen LogP contribution in [0.1, 0.15) is 41.6 Å². The molecular weight excluding hydrogens is 332 g/mol. The number of hydrogen-bond acceptors (Lipinski definition) is 4. The number of ether oxygens (including phenoxy) is 2. The van der Waals surface area contributed by atoms with Crippen LogP contribution in [-0.4, -0.2) is 37.7 Å². The molecule has 0 radical (unpaired) electrons. The lowest BCUT2D eigenvalue weighted by atomic mass is 9.91. The van der Waals surface area contributed by atoms with Gasteiger partial charge in [0.1, 0.15) is 18.6 Å². The Kier molecular flexibility index (Phi) is 7.36. The summed E-state index contributed by atoms with van der Waals surface area (Å²) in [5.74, 6) is -0.196. The molecule has 5 nitrogen and oxygen atoms in total. The van der Waals surface area contributed by atoms with Gasteiger partial charge in [-0.15, -0.1) is 0 Å². The minimum absolute atomic E-state index is 0.0660. The second-order valence-electron chi connectivity index (χ2n) is 6.04. The SMILES string of the molecule is CCC(CC(=O)O)c1ccc(-c2ccc(C=O)cc2)c(OCCOC)c1. The first-order valence-corrected chi connectivity index (χ1v) is 8.62. The molecule has 5 heteroatoms. The molecule has 1 unspecified atom stereocenters. The first-order valence-electron chi connectivity index (χ1n) is 8.62. The Morgan fingerprint density at radius 3 is 2.46 bits per heavy atom. The molecule has 0 aliphatic rings. The second kappa shape index (κ2) is 9.73. The zero-order chi connectivity index (χ0) is 18.9. The number of rotatable bonds is 10. The fourth-order valence-corrected chi connectivity index (χ4v) is 2.84. The number of carboxylic acid groups (broad SMARTS) is 1. The highest BCUT2D eigenvalue weighted by molar-refractivity contribution is 5.78. The van der Waals surface area contributed by atoms with Crippen molar-refractivity contribution in [2.75, 3.05) is 20.3 Å². The number of carbonyl (C=O) groups is 2. The molecule has 2 aromatic carbocycles. The fourth-order valence-electron chi connectivity index (χ4n) is 2.84. The highest BCUT2D eigenvalue weighted by Gasteiger charge is 2.16. The molecule has 0 spiro atoms. The van der Waals surface area contributed by atoms with E-state index in [1.54, 1.807) is 19.2 Å². The van der Waals surface area contributed by atoms with Gasteiger partial charge in [0.05, 0.1) is 13.0 Å². The van der Waals surface area contributed by atoms with Gasteiger partial charge in [-0.3, -0.25) is 9.59 Å². The predicted molar refractivity (Wildman–Crippen MR) is 99.9 cm³/mol. The smallest absolute Gasteiger partial charge is 0.303 e. The highest BCUT2D eigenvalue weighted by atomic mass is 16.5. The van der Waals surface area contributed by atoms with Crippen molar-refractivity contribution >= 4 is 12.3 Å². The molecule has 1 N–H and O–H groups in total. The molecule has 2 aromatic rings. The third-order valence-corrected chi connectivity index (χ3v) is 4.29. The van der Waals surface area contributed by atoms with Crippen molar-refractivity contribution < 1.29 is 24.2 Å². The minimum Gasteiger partial charge on any atom is -0.491 e. The van der Waals surface area contributed by atoms with Crippen LogP contribution in [0, 0.1) is 0 Å². The summed E-state index contributed by atoms with van der Waals surface area (Å²) in [4.78, 5) is 22.0. The lowest BCUT2D eigenvalue weighted by Crippen LogP contribution is -2.08. The summed E-state index contributed by atoms with van der Waals surface area (Å²) in [5.41, 5.74) is 3.38. The van der Waals surface area contributed by atoms with E-state index in [9.17, 15) is 9.59 Å². The Hall–Kier alpha value is -2.66. The number of aldehydes is 1. The zero-order valence-electron chi connectivity index (χ0n) is 15.1. The average Bonchev–Trinajstić information content (AvgIpc) is 2.66. The van der Waals surface area contributed by atoms with Gasteiger partial charge in [-0.25, -0.2) is 0 Å². The molecule has 1 atom stereocenters. The van der Waals surface area contributed by atoms with Crippen molar-refractivity contribution in [2.45, 2.75) is 25.7 Å². The van der Waals surface area contributed by atoms with E-state index in [-0.39, 0.29) is 12.3 Å². The first-order chi connectivity index (χ1) is 12.6. The molecular formula is C21H24O5. The summed E-state index contributed by atoms with van der Waals surface area (Å²) in [5, 5.41) is 9.12. The summed E-state index contributed by atoms with van der Waals surface area (Å²) >= 11 is 0. The van der Waals surface area contributed by atoms with Crippen molar-refractivity contribution in [2.24, 2.45) is 0 Å². The Morgan fingerprint density at radius 2 is 1.88 bits per heavy atom. The Labute approximate surface area is 153 Å². The molecule has 0 amide bonds. The normalized spacial score (nSPS) is 11.8. The lowest BCUT2D eigenvalue weighted by Gasteiger charge is -2.18. The monoisotopic (exact) mass is 356 g/mol. The van der Waals surface area contributed by atoms with Crippen LogP contribution in [0.5, 0.6) is 5.75 Å². The van der Waals surface area contributed by atoms with E-state index in [1.807, 2.05) is 37.3 Å². The van der Waals surface area contributed by atoms with Crippen molar-refractivity contribution in [1.82, 2.24) is 0 Å². The minimum atomic E-state index is -0.813. The second-order valence-corrected chi connectivity index (χ2v) is 6.04. The van der Waals surface area contributed by atoms with E-state index >= 15 is 0 Å². The first kappa shape index (κ1) is 19.7. The van der Waals surface area contributed by atoms with Gasteiger partial charge in [-0.2, -0.15) is 0 Å². The molecule has 138 valence electrons. The molecule has 26 heavy (non-hydrogen) atoms. The molecule has 0 fully saturated rings. The zero-order valence-corrected chi connectivity index (χ0v) is 15.1. The average molecular weight is 356 g/mol. The van der Waals surface area contributed by atoms with Crippen LogP contribution in [0.4, 0.5) is 0 Å². The van der Waals surface area contributed by atoms with Crippen molar-refractivity contribution in [1.29, 1.82) is 0 Å². The van der Waals surface area contributed by atoms with Crippen LogP contribution < -0.4 is 4.74 Å². The summed E-state index contributed by atoms with van der Waals surface area (Å²) in [7, 11) is 1.61. The van der Waals surface area contributed by atoms with Gasteiger partial charge in [0, 0.05) is 18.2 Å². The van der Waals surface area contributed by atoms with Gasteiger partial charge >= 0.3 is 5.97 Å². The fraction of sp³-hybridized carbons (Fsp3) is 0.333. The summed E-state index contributed by atoms with van der Waals surface area (Å²) in [6, 6.07) is 13.1. The van der Waals surface area contributed by atoms with Gasteiger partial charge in [0.2, 0.25) is 0 Å². The molecule has 0 aliphatic heterocycles.